The quantitative estimate of drug-likeness (QED) is 0.490. The van der Waals surface area contributed by atoms with Crippen LogP contribution in [0.5, 0.6) is 11.5 Å². The molecule has 2 N–H and O–H groups in total. The van der Waals surface area contributed by atoms with E-state index in [1.807, 2.05) is 49.4 Å². The largest absolute Gasteiger partial charge is 0.457 e. The molecule has 2 amide bonds. The number of rotatable bonds is 7. The van der Waals surface area contributed by atoms with Gasteiger partial charge in [0.25, 0.3) is 11.8 Å². The molecule has 1 aliphatic rings. The van der Waals surface area contributed by atoms with Gasteiger partial charge in [-0.05, 0) is 61.4 Å². The van der Waals surface area contributed by atoms with Crippen molar-refractivity contribution in [3.8, 4) is 11.5 Å². The molecular formula is C27H26N2O5S. The van der Waals surface area contributed by atoms with Crippen LogP contribution in [0.25, 0.3) is 6.08 Å². The van der Waals surface area contributed by atoms with Gasteiger partial charge in [-0.25, -0.2) is 8.42 Å². The van der Waals surface area contributed by atoms with Gasteiger partial charge in [0.15, 0.2) is 9.84 Å². The normalized spacial score (nSPS) is 16.9. The summed E-state index contributed by atoms with van der Waals surface area (Å²) in [7, 11) is -3.17. The molecule has 1 saturated heterocycles. The summed E-state index contributed by atoms with van der Waals surface area (Å²) < 4.78 is 29.5. The maximum atomic E-state index is 13.1. The van der Waals surface area contributed by atoms with Crippen LogP contribution in [0.1, 0.15) is 27.9 Å². The third kappa shape index (κ3) is 6.80. The van der Waals surface area contributed by atoms with E-state index >= 15 is 0 Å². The molecule has 0 spiro atoms. The van der Waals surface area contributed by atoms with E-state index in [0.717, 1.165) is 5.56 Å². The molecule has 0 saturated carbocycles. The molecule has 4 rings (SSSR count). The standard InChI is InChI=1S/C27H26N2O5S/c1-19-10-12-21(13-11-19)26(30)29-25(27(31)28-22-14-15-35(32,33)18-22)17-20-6-5-9-24(16-20)34-23-7-3-2-4-8-23/h2-13,16-17,22H,14-15,18H2,1H3,(H,28,31)(H,29,30)/b25-17-. The molecule has 7 nitrogen and oxygen atoms in total. The van der Waals surface area contributed by atoms with Crippen molar-refractivity contribution < 1.29 is 22.7 Å². The summed E-state index contributed by atoms with van der Waals surface area (Å²) in [5.74, 6) is 0.159. The molecule has 1 heterocycles. The fourth-order valence-electron chi connectivity index (χ4n) is 3.69. The molecule has 1 unspecified atom stereocenters. The van der Waals surface area contributed by atoms with Crippen molar-refractivity contribution in [3.63, 3.8) is 0 Å². The number of nitrogens with one attached hydrogen (secondary N) is 2. The zero-order chi connectivity index (χ0) is 24.8. The van der Waals surface area contributed by atoms with Gasteiger partial charge in [-0.1, -0.05) is 48.0 Å². The van der Waals surface area contributed by atoms with Crippen LogP contribution in [0, 0.1) is 6.92 Å². The number of carbonyl (C=O) groups is 2. The molecule has 0 bridgehead atoms. The van der Waals surface area contributed by atoms with Crippen molar-refractivity contribution in [2.24, 2.45) is 0 Å². The predicted octanol–water partition coefficient (Wildman–Crippen LogP) is 3.86. The number of hydrogen-bond donors (Lipinski definition) is 2. The van der Waals surface area contributed by atoms with E-state index in [4.69, 9.17) is 4.74 Å². The van der Waals surface area contributed by atoms with E-state index < -0.39 is 27.7 Å². The van der Waals surface area contributed by atoms with Gasteiger partial charge in [0, 0.05) is 11.6 Å². The molecular weight excluding hydrogens is 464 g/mol. The number of sulfone groups is 1. The van der Waals surface area contributed by atoms with Crippen molar-refractivity contribution in [3.05, 3.63) is 101 Å². The summed E-state index contributed by atoms with van der Waals surface area (Å²) in [6, 6.07) is 22.9. The molecule has 180 valence electrons. The van der Waals surface area contributed by atoms with Crippen LogP contribution in [0.2, 0.25) is 0 Å². The lowest BCUT2D eigenvalue weighted by molar-refractivity contribution is -0.118. The molecule has 0 aromatic heterocycles. The van der Waals surface area contributed by atoms with Gasteiger partial charge in [-0.2, -0.15) is 0 Å². The summed E-state index contributed by atoms with van der Waals surface area (Å²) in [4.78, 5) is 25.9. The predicted molar refractivity (Wildman–Crippen MR) is 135 cm³/mol. The number of carbonyl (C=O) groups excluding carboxylic acids is 2. The minimum absolute atomic E-state index is 0.0109. The summed E-state index contributed by atoms with van der Waals surface area (Å²) in [6.07, 6.45) is 1.89. The Hall–Kier alpha value is -3.91. The maximum absolute atomic E-state index is 13.1. The van der Waals surface area contributed by atoms with Crippen molar-refractivity contribution in [1.29, 1.82) is 0 Å². The molecule has 3 aromatic carbocycles. The fourth-order valence-corrected chi connectivity index (χ4v) is 5.36. The Bertz CT molecular complexity index is 1350. The Kier molecular flexibility index (Phi) is 7.31. The zero-order valence-electron chi connectivity index (χ0n) is 19.2. The van der Waals surface area contributed by atoms with E-state index in [-0.39, 0.29) is 17.2 Å². The van der Waals surface area contributed by atoms with E-state index in [9.17, 15) is 18.0 Å². The Balaban J connectivity index is 1.58. The highest BCUT2D eigenvalue weighted by atomic mass is 32.2. The summed E-state index contributed by atoms with van der Waals surface area (Å²) in [5.41, 5.74) is 2.05. The minimum atomic E-state index is -3.17. The Labute approximate surface area is 204 Å². The first-order chi connectivity index (χ1) is 16.8. The fraction of sp³-hybridized carbons (Fsp3) is 0.185. The maximum Gasteiger partial charge on any atom is 0.268 e. The second-order valence-electron chi connectivity index (χ2n) is 8.44. The molecule has 0 radical (unpaired) electrons. The average molecular weight is 491 g/mol. The number of hydrogen-bond acceptors (Lipinski definition) is 5. The van der Waals surface area contributed by atoms with E-state index in [1.54, 1.807) is 42.5 Å². The molecule has 8 heteroatoms. The van der Waals surface area contributed by atoms with Crippen LogP contribution in [0.3, 0.4) is 0 Å². The number of para-hydroxylation sites is 1. The van der Waals surface area contributed by atoms with Crippen LogP contribution in [-0.2, 0) is 14.6 Å². The number of amides is 2. The number of aryl methyl sites for hydroxylation is 1. The van der Waals surface area contributed by atoms with Crippen molar-refractivity contribution in [2.45, 2.75) is 19.4 Å². The van der Waals surface area contributed by atoms with E-state index in [2.05, 4.69) is 10.6 Å². The molecule has 35 heavy (non-hydrogen) atoms. The van der Waals surface area contributed by atoms with Gasteiger partial charge in [0.1, 0.15) is 17.2 Å². The Morgan fingerprint density at radius 3 is 2.34 bits per heavy atom. The monoisotopic (exact) mass is 490 g/mol. The highest BCUT2D eigenvalue weighted by Gasteiger charge is 2.30. The lowest BCUT2D eigenvalue weighted by atomic mass is 10.1. The molecule has 1 atom stereocenters. The Morgan fingerprint density at radius 1 is 0.943 bits per heavy atom. The van der Waals surface area contributed by atoms with Gasteiger partial charge in [0.2, 0.25) is 0 Å². The highest BCUT2D eigenvalue weighted by molar-refractivity contribution is 7.91. The lowest BCUT2D eigenvalue weighted by Gasteiger charge is -2.15. The van der Waals surface area contributed by atoms with E-state index in [1.165, 1.54) is 0 Å². The van der Waals surface area contributed by atoms with Crippen LogP contribution < -0.4 is 15.4 Å². The van der Waals surface area contributed by atoms with Gasteiger partial charge in [-0.15, -0.1) is 0 Å². The van der Waals surface area contributed by atoms with Crippen LogP contribution in [0.15, 0.2) is 84.6 Å². The average Bonchev–Trinajstić information content (AvgIpc) is 3.18. The van der Waals surface area contributed by atoms with Crippen LogP contribution in [0.4, 0.5) is 0 Å². The van der Waals surface area contributed by atoms with Gasteiger partial charge in [0.05, 0.1) is 11.5 Å². The molecule has 1 aliphatic heterocycles. The third-order valence-corrected chi connectivity index (χ3v) is 7.29. The van der Waals surface area contributed by atoms with Gasteiger partial charge >= 0.3 is 0 Å². The lowest BCUT2D eigenvalue weighted by Crippen LogP contribution is -2.41. The highest BCUT2D eigenvalue weighted by Crippen LogP contribution is 2.23. The second-order valence-corrected chi connectivity index (χ2v) is 10.7. The third-order valence-electron chi connectivity index (χ3n) is 5.52. The topological polar surface area (TPSA) is 102 Å². The summed E-state index contributed by atoms with van der Waals surface area (Å²) in [6.45, 7) is 1.92. The summed E-state index contributed by atoms with van der Waals surface area (Å²) in [5, 5.41) is 5.43. The van der Waals surface area contributed by atoms with Gasteiger partial charge in [-0.3, -0.25) is 9.59 Å². The minimum Gasteiger partial charge on any atom is -0.457 e. The smallest absolute Gasteiger partial charge is 0.268 e. The first-order valence-corrected chi connectivity index (χ1v) is 13.0. The van der Waals surface area contributed by atoms with Crippen LogP contribution >= 0.6 is 0 Å². The SMILES string of the molecule is Cc1ccc(C(=O)N/C(=C\c2cccc(Oc3ccccc3)c2)C(=O)NC2CCS(=O)(=O)C2)cc1. The van der Waals surface area contributed by atoms with Gasteiger partial charge < -0.3 is 15.4 Å². The molecule has 0 aliphatic carbocycles. The van der Waals surface area contributed by atoms with Crippen LogP contribution in [-0.4, -0.2) is 37.8 Å². The van der Waals surface area contributed by atoms with Crippen molar-refractivity contribution in [2.75, 3.05) is 11.5 Å². The molecule has 1 fully saturated rings. The van der Waals surface area contributed by atoms with Crippen molar-refractivity contribution >= 4 is 27.7 Å². The number of ether oxygens (including phenoxy) is 1. The first kappa shape index (κ1) is 24.2. The van der Waals surface area contributed by atoms with Crippen molar-refractivity contribution in [1.82, 2.24) is 10.6 Å². The van der Waals surface area contributed by atoms with E-state index in [0.29, 0.717) is 29.0 Å². The zero-order valence-corrected chi connectivity index (χ0v) is 20.0. The Morgan fingerprint density at radius 2 is 1.66 bits per heavy atom. The molecule has 3 aromatic rings. The second kappa shape index (κ2) is 10.6. The first-order valence-electron chi connectivity index (χ1n) is 11.2. The summed E-state index contributed by atoms with van der Waals surface area (Å²) >= 11 is 0. The number of benzene rings is 3.